The van der Waals surface area contributed by atoms with E-state index < -0.39 is 53.5 Å². The van der Waals surface area contributed by atoms with Gasteiger partial charge in [0.15, 0.2) is 23.3 Å². The smallest absolute Gasteiger partial charge is 0.407 e. The molecule has 0 aromatic heterocycles. The standard InChI is InChI=1S/C12H11F4NO3/c13-7-2-8(14)11(16)9(10(7)15)5-1-6(4-18)17(3-5)12(19)20/h2,5-6,18H,1,3-4H2,(H,19,20). The molecule has 2 rings (SSSR count). The number of hydrogen-bond donors (Lipinski definition) is 2. The Hall–Kier alpha value is -1.83. The normalized spacial score (nSPS) is 22.4. The molecular formula is C12H11F4NO3. The predicted octanol–water partition coefficient (Wildman–Crippen LogP) is 2.07. The van der Waals surface area contributed by atoms with Crippen LogP contribution in [0.4, 0.5) is 22.4 Å². The summed E-state index contributed by atoms with van der Waals surface area (Å²) in [7, 11) is 0. The molecule has 1 aromatic carbocycles. The summed E-state index contributed by atoms with van der Waals surface area (Å²) in [5.74, 6) is -7.18. The van der Waals surface area contributed by atoms with E-state index in [9.17, 15) is 22.4 Å². The third kappa shape index (κ3) is 2.31. The van der Waals surface area contributed by atoms with Crippen molar-refractivity contribution in [1.29, 1.82) is 0 Å². The highest BCUT2D eigenvalue weighted by molar-refractivity contribution is 5.66. The highest BCUT2D eigenvalue weighted by Crippen LogP contribution is 2.36. The number of benzene rings is 1. The van der Waals surface area contributed by atoms with Gasteiger partial charge in [0.2, 0.25) is 0 Å². The van der Waals surface area contributed by atoms with Crippen LogP contribution >= 0.6 is 0 Å². The molecular weight excluding hydrogens is 282 g/mol. The fraction of sp³-hybridized carbons (Fsp3) is 0.417. The second kappa shape index (κ2) is 5.28. The van der Waals surface area contributed by atoms with E-state index in [1.807, 2.05) is 0 Å². The molecule has 1 aliphatic heterocycles. The average Bonchev–Trinajstić information content (AvgIpc) is 2.81. The maximum absolute atomic E-state index is 13.6. The number of carboxylic acid groups (broad SMARTS) is 1. The Morgan fingerprint density at radius 2 is 1.80 bits per heavy atom. The van der Waals surface area contributed by atoms with Gasteiger partial charge in [-0.2, -0.15) is 0 Å². The summed E-state index contributed by atoms with van der Waals surface area (Å²) in [6.07, 6.45) is -1.48. The molecule has 2 atom stereocenters. The molecule has 20 heavy (non-hydrogen) atoms. The number of aliphatic hydroxyl groups is 1. The van der Waals surface area contributed by atoms with Crippen LogP contribution in [0.2, 0.25) is 0 Å². The molecule has 2 N–H and O–H groups in total. The van der Waals surface area contributed by atoms with Gasteiger partial charge in [0.25, 0.3) is 0 Å². The molecule has 0 spiro atoms. The maximum Gasteiger partial charge on any atom is 0.407 e. The SMILES string of the molecule is O=C(O)N1CC(c2c(F)c(F)cc(F)c2F)CC1CO. The number of nitrogens with zero attached hydrogens (tertiary/aromatic N) is 1. The molecule has 1 aliphatic rings. The Morgan fingerprint density at radius 3 is 2.20 bits per heavy atom. The molecule has 1 saturated heterocycles. The van der Waals surface area contributed by atoms with E-state index in [4.69, 9.17) is 10.2 Å². The van der Waals surface area contributed by atoms with Gasteiger partial charge >= 0.3 is 6.09 Å². The first-order valence-electron chi connectivity index (χ1n) is 5.80. The van der Waals surface area contributed by atoms with Crippen molar-refractivity contribution in [3.63, 3.8) is 0 Å². The van der Waals surface area contributed by atoms with Crippen LogP contribution in [0.1, 0.15) is 17.9 Å². The first-order valence-corrected chi connectivity index (χ1v) is 5.80. The predicted molar refractivity (Wildman–Crippen MR) is 59.2 cm³/mol. The fourth-order valence-corrected chi connectivity index (χ4v) is 2.48. The van der Waals surface area contributed by atoms with E-state index in [0.717, 1.165) is 4.90 Å². The molecule has 0 radical (unpaired) electrons. The molecule has 1 heterocycles. The fourth-order valence-electron chi connectivity index (χ4n) is 2.48. The maximum atomic E-state index is 13.6. The van der Waals surface area contributed by atoms with Crippen molar-refractivity contribution in [3.8, 4) is 0 Å². The van der Waals surface area contributed by atoms with Crippen molar-refractivity contribution in [2.75, 3.05) is 13.2 Å². The zero-order valence-corrected chi connectivity index (χ0v) is 10.1. The van der Waals surface area contributed by atoms with E-state index >= 15 is 0 Å². The zero-order valence-electron chi connectivity index (χ0n) is 10.1. The van der Waals surface area contributed by atoms with Gasteiger partial charge in [0.05, 0.1) is 12.6 Å². The van der Waals surface area contributed by atoms with Gasteiger partial charge in [0, 0.05) is 24.1 Å². The second-order valence-electron chi connectivity index (χ2n) is 4.59. The topological polar surface area (TPSA) is 60.8 Å². The summed E-state index contributed by atoms with van der Waals surface area (Å²) in [5.41, 5.74) is -0.815. The van der Waals surface area contributed by atoms with Crippen LogP contribution in [0, 0.1) is 23.3 Å². The van der Waals surface area contributed by atoms with Crippen LogP contribution in [0.3, 0.4) is 0 Å². The largest absolute Gasteiger partial charge is 0.465 e. The van der Waals surface area contributed by atoms with Crippen LogP contribution < -0.4 is 0 Å². The molecule has 1 fully saturated rings. The molecule has 0 saturated carbocycles. The van der Waals surface area contributed by atoms with E-state index in [-0.39, 0.29) is 19.0 Å². The lowest BCUT2D eigenvalue weighted by molar-refractivity contribution is 0.118. The number of rotatable bonds is 2. The third-order valence-corrected chi connectivity index (χ3v) is 3.42. The summed E-state index contributed by atoms with van der Waals surface area (Å²) >= 11 is 0. The van der Waals surface area contributed by atoms with Crippen molar-refractivity contribution in [2.24, 2.45) is 0 Å². The number of halogens is 4. The number of likely N-dealkylation sites (tertiary alicyclic amines) is 1. The molecule has 0 aliphatic carbocycles. The first kappa shape index (κ1) is 14.6. The molecule has 1 aromatic rings. The lowest BCUT2D eigenvalue weighted by atomic mass is 9.95. The van der Waals surface area contributed by atoms with Gasteiger partial charge in [0.1, 0.15) is 0 Å². The number of hydrogen-bond acceptors (Lipinski definition) is 2. The van der Waals surface area contributed by atoms with Gasteiger partial charge in [-0.1, -0.05) is 0 Å². The summed E-state index contributed by atoms with van der Waals surface area (Å²) in [6.45, 7) is -0.874. The minimum absolute atomic E-state index is 0.0988. The quantitative estimate of drug-likeness (QED) is 0.648. The lowest BCUT2D eigenvalue weighted by Crippen LogP contribution is -2.36. The number of amides is 1. The Kier molecular flexibility index (Phi) is 3.85. The minimum Gasteiger partial charge on any atom is -0.465 e. The van der Waals surface area contributed by atoms with Crippen molar-refractivity contribution >= 4 is 6.09 Å². The Balaban J connectivity index is 2.41. The van der Waals surface area contributed by atoms with Crippen LogP contribution in [0.5, 0.6) is 0 Å². The van der Waals surface area contributed by atoms with Crippen LogP contribution in [-0.2, 0) is 0 Å². The second-order valence-corrected chi connectivity index (χ2v) is 4.59. The zero-order chi connectivity index (χ0) is 15.0. The van der Waals surface area contributed by atoms with Gasteiger partial charge in [-0.15, -0.1) is 0 Å². The summed E-state index contributed by atoms with van der Waals surface area (Å²) < 4.78 is 53.6. The summed E-state index contributed by atoms with van der Waals surface area (Å²) in [6, 6.07) is -0.760. The Morgan fingerprint density at radius 1 is 1.25 bits per heavy atom. The molecule has 8 heteroatoms. The van der Waals surface area contributed by atoms with E-state index in [0.29, 0.717) is 0 Å². The molecule has 2 unspecified atom stereocenters. The van der Waals surface area contributed by atoms with Gasteiger partial charge < -0.3 is 15.1 Å². The lowest BCUT2D eigenvalue weighted by Gasteiger charge is -2.18. The van der Waals surface area contributed by atoms with Crippen molar-refractivity contribution in [3.05, 3.63) is 34.9 Å². The number of aliphatic hydroxyl groups excluding tert-OH is 1. The highest BCUT2D eigenvalue weighted by Gasteiger charge is 2.39. The molecule has 110 valence electrons. The number of carbonyl (C=O) groups is 1. The highest BCUT2D eigenvalue weighted by atomic mass is 19.2. The molecule has 0 bridgehead atoms. The molecule has 1 amide bonds. The van der Waals surface area contributed by atoms with Gasteiger partial charge in [-0.05, 0) is 6.42 Å². The first-order chi connectivity index (χ1) is 9.36. The van der Waals surface area contributed by atoms with E-state index in [1.54, 1.807) is 0 Å². The molecule has 4 nitrogen and oxygen atoms in total. The Bertz CT molecular complexity index is 526. The van der Waals surface area contributed by atoms with Crippen LogP contribution in [-0.4, -0.2) is 40.4 Å². The van der Waals surface area contributed by atoms with Crippen molar-refractivity contribution in [1.82, 2.24) is 4.90 Å². The summed E-state index contributed by atoms with van der Waals surface area (Å²) in [4.78, 5) is 11.7. The van der Waals surface area contributed by atoms with Gasteiger partial charge in [-0.3, -0.25) is 0 Å². The van der Waals surface area contributed by atoms with Crippen molar-refractivity contribution < 1.29 is 32.6 Å². The summed E-state index contributed by atoms with van der Waals surface area (Å²) in [5, 5.41) is 18.0. The van der Waals surface area contributed by atoms with Crippen LogP contribution in [0.25, 0.3) is 0 Å². The monoisotopic (exact) mass is 293 g/mol. The van der Waals surface area contributed by atoms with Crippen molar-refractivity contribution in [2.45, 2.75) is 18.4 Å². The van der Waals surface area contributed by atoms with Gasteiger partial charge in [-0.25, -0.2) is 22.4 Å². The average molecular weight is 293 g/mol. The minimum atomic E-state index is -1.53. The van der Waals surface area contributed by atoms with E-state index in [2.05, 4.69) is 0 Å². The third-order valence-electron chi connectivity index (χ3n) is 3.42. The Labute approximate surface area is 111 Å². The van der Waals surface area contributed by atoms with E-state index in [1.165, 1.54) is 0 Å². The van der Waals surface area contributed by atoms with Crippen LogP contribution in [0.15, 0.2) is 6.07 Å².